The van der Waals surface area contributed by atoms with Gasteiger partial charge in [0.05, 0.1) is 15.7 Å². The highest BCUT2D eigenvalue weighted by Gasteiger charge is 2.16. The van der Waals surface area contributed by atoms with Crippen molar-refractivity contribution in [3.8, 4) is 22.1 Å². The van der Waals surface area contributed by atoms with Crippen LogP contribution in [0, 0.1) is 12.8 Å². The molecule has 1 aliphatic rings. The van der Waals surface area contributed by atoms with Crippen LogP contribution in [0.5, 0.6) is 0 Å². The zero-order chi connectivity index (χ0) is 21.4. The standard InChI is InChI=1S/C24H26N6S/c1-14(17-8-11-25-12-9-17)4-6-18-16(3)21(30-29-18)24-27-19-10-13-26-23(22(19)28-24)20-7-5-15(2)31-20/h4-7,10,13,17,25,29H,3,8-9,11-12H2,1-2H3,(H,27,28)/b14-4+,18-6+. The summed E-state index contributed by atoms with van der Waals surface area (Å²) in [6, 6.07) is 6.16. The Bertz CT molecular complexity index is 1370. The fourth-order valence-corrected chi connectivity index (χ4v) is 5.00. The van der Waals surface area contributed by atoms with E-state index in [1.54, 1.807) is 11.3 Å². The number of H-pyrrole nitrogens is 2. The van der Waals surface area contributed by atoms with Gasteiger partial charge in [-0.2, -0.15) is 5.10 Å². The Balaban J connectivity index is 1.50. The van der Waals surface area contributed by atoms with E-state index in [2.05, 4.69) is 70.2 Å². The maximum atomic E-state index is 4.84. The number of thiophene rings is 1. The molecule has 31 heavy (non-hydrogen) atoms. The molecular weight excluding hydrogens is 404 g/mol. The Hall–Kier alpha value is -3.03. The number of nitrogens with one attached hydrogen (secondary N) is 3. The zero-order valence-corrected chi connectivity index (χ0v) is 18.6. The van der Waals surface area contributed by atoms with Crippen molar-refractivity contribution in [2.45, 2.75) is 26.7 Å². The average molecular weight is 431 g/mol. The van der Waals surface area contributed by atoms with Gasteiger partial charge in [-0.1, -0.05) is 18.2 Å². The number of piperidine rings is 1. The molecule has 0 aromatic carbocycles. The first-order chi connectivity index (χ1) is 15.1. The van der Waals surface area contributed by atoms with Crippen molar-refractivity contribution in [3.05, 3.63) is 51.5 Å². The van der Waals surface area contributed by atoms with Gasteiger partial charge in [-0.05, 0) is 70.0 Å². The number of aromatic amines is 2. The highest BCUT2D eigenvalue weighted by Crippen LogP contribution is 2.31. The monoisotopic (exact) mass is 430 g/mol. The van der Waals surface area contributed by atoms with Crippen molar-refractivity contribution in [2.24, 2.45) is 5.92 Å². The van der Waals surface area contributed by atoms with Crippen LogP contribution >= 0.6 is 11.3 Å². The van der Waals surface area contributed by atoms with Crippen LogP contribution in [0.2, 0.25) is 0 Å². The van der Waals surface area contributed by atoms with Gasteiger partial charge in [-0.15, -0.1) is 11.3 Å². The van der Waals surface area contributed by atoms with E-state index in [9.17, 15) is 0 Å². The first kappa shape index (κ1) is 19.9. The number of aryl methyl sites for hydroxylation is 1. The highest BCUT2D eigenvalue weighted by atomic mass is 32.1. The van der Waals surface area contributed by atoms with Crippen LogP contribution in [-0.2, 0) is 0 Å². The largest absolute Gasteiger partial charge is 0.336 e. The minimum absolute atomic E-state index is 0.648. The lowest BCUT2D eigenvalue weighted by atomic mass is 9.91. The van der Waals surface area contributed by atoms with Gasteiger partial charge in [-0.25, -0.2) is 4.98 Å². The Morgan fingerprint density at radius 3 is 2.81 bits per heavy atom. The third-order valence-electron chi connectivity index (χ3n) is 5.99. The molecule has 5 rings (SSSR count). The Morgan fingerprint density at radius 2 is 2.03 bits per heavy atom. The van der Waals surface area contributed by atoms with Crippen LogP contribution in [-0.4, -0.2) is 38.2 Å². The summed E-state index contributed by atoms with van der Waals surface area (Å²) in [6.45, 7) is 10.8. The summed E-state index contributed by atoms with van der Waals surface area (Å²) in [6.07, 6.45) is 8.49. The Kier molecular flexibility index (Phi) is 5.29. The van der Waals surface area contributed by atoms with Crippen molar-refractivity contribution in [1.82, 2.24) is 30.5 Å². The summed E-state index contributed by atoms with van der Waals surface area (Å²) >= 11 is 1.72. The van der Waals surface area contributed by atoms with Gasteiger partial charge in [0.1, 0.15) is 16.9 Å². The van der Waals surface area contributed by atoms with Gasteiger partial charge in [-0.3, -0.25) is 10.1 Å². The molecule has 0 spiro atoms. The number of rotatable bonds is 4. The van der Waals surface area contributed by atoms with Gasteiger partial charge >= 0.3 is 0 Å². The highest BCUT2D eigenvalue weighted by molar-refractivity contribution is 7.15. The van der Waals surface area contributed by atoms with Crippen LogP contribution in [0.1, 0.15) is 24.6 Å². The number of nitrogens with zero attached hydrogens (tertiary/aromatic N) is 3. The third-order valence-corrected chi connectivity index (χ3v) is 7.00. The Labute approximate surface area is 184 Å². The average Bonchev–Trinajstić information content (AvgIpc) is 3.50. The van der Waals surface area contributed by atoms with Gasteiger partial charge in [0, 0.05) is 16.3 Å². The van der Waals surface area contributed by atoms with Crippen molar-refractivity contribution in [1.29, 1.82) is 0 Å². The van der Waals surface area contributed by atoms with Crippen LogP contribution in [0.15, 0.2) is 36.0 Å². The molecule has 1 fully saturated rings. The first-order valence-electron chi connectivity index (χ1n) is 10.6. The number of aromatic nitrogens is 5. The van der Waals surface area contributed by atoms with E-state index in [0.29, 0.717) is 11.7 Å². The molecule has 0 unspecified atom stereocenters. The second-order valence-electron chi connectivity index (χ2n) is 8.12. The lowest BCUT2D eigenvalue weighted by molar-refractivity contribution is 0.420. The summed E-state index contributed by atoms with van der Waals surface area (Å²) < 4.78 is 0. The van der Waals surface area contributed by atoms with Crippen LogP contribution in [0.3, 0.4) is 0 Å². The number of imidazole rings is 1. The number of hydrogen-bond donors (Lipinski definition) is 3. The van der Waals surface area contributed by atoms with E-state index in [1.165, 1.54) is 23.3 Å². The van der Waals surface area contributed by atoms with E-state index in [0.717, 1.165) is 51.0 Å². The molecule has 7 heteroatoms. The van der Waals surface area contributed by atoms with E-state index in [1.807, 2.05) is 12.3 Å². The molecule has 0 atom stereocenters. The second-order valence-corrected chi connectivity index (χ2v) is 9.41. The molecule has 0 radical (unpaired) electrons. The molecule has 6 nitrogen and oxygen atoms in total. The molecule has 0 saturated carbocycles. The van der Waals surface area contributed by atoms with Crippen molar-refractivity contribution >= 4 is 35.0 Å². The summed E-state index contributed by atoms with van der Waals surface area (Å²) in [5, 5.41) is 12.8. The number of fused-ring (bicyclic) bond motifs is 1. The molecule has 5 heterocycles. The molecule has 1 saturated heterocycles. The zero-order valence-electron chi connectivity index (χ0n) is 17.8. The normalized spacial score (nSPS) is 16.5. The van der Waals surface area contributed by atoms with E-state index in [4.69, 9.17) is 4.98 Å². The fraction of sp³-hybridized carbons (Fsp3) is 0.292. The van der Waals surface area contributed by atoms with Gasteiger partial charge in [0.25, 0.3) is 0 Å². The molecule has 158 valence electrons. The molecule has 0 amide bonds. The van der Waals surface area contributed by atoms with Gasteiger partial charge in [0.2, 0.25) is 0 Å². The van der Waals surface area contributed by atoms with Crippen molar-refractivity contribution in [2.75, 3.05) is 13.1 Å². The van der Waals surface area contributed by atoms with E-state index < -0.39 is 0 Å². The predicted octanol–water partition coefficient (Wildman–Crippen LogP) is 3.52. The Morgan fingerprint density at radius 1 is 1.19 bits per heavy atom. The number of allylic oxidation sites excluding steroid dienone is 2. The van der Waals surface area contributed by atoms with Crippen LogP contribution in [0.25, 0.3) is 45.8 Å². The van der Waals surface area contributed by atoms with Crippen LogP contribution in [0.4, 0.5) is 0 Å². The maximum Gasteiger partial charge on any atom is 0.159 e. The topological polar surface area (TPSA) is 82.3 Å². The molecule has 4 aromatic rings. The lowest BCUT2D eigenvalue weighted by Crippen LogP contribution is -2.28. The fourth-order valence-electron chi connectivity index (χ4n) is 4.13. The van der Waals surface area contributed by atoms with Crippen molar-refractivity contribution in [3.63, 3.8) is 0 Å². The van der Waals surface area contributed by atoms with Gasteiger partial charge < -0.3 is 10.3 Å². The minimum atomic E-state index is 0.648. The molecule has 3 N–H and O–H groups in total. The maximum absolute atomic E-state index is 4.84. The number of hydrogen-bond acceptors (Lipinski definition) is 5. The SMILES string of the molecule is C=c1c(-c2nc3c(-c4ccc(C)s4)nccc3[nH]2)n[nH]/c1=C/C=C(\C)C1CCNCC1. The number of pyridine rings is 1. The molecule has 1 aliphatic heterocycles. The second kappa shape index (κ2) is 8.24. The first-order valence-corrected chi connectivity index (χ1v) is 11.5. The summed E-state index contributed by atoms with van der Waals surface area (Å²) in [7, 11) is 0. The predicted molar refractivity (Wildman–Crippen MR) is 128 cm³/mol. The molecule has 4 aromatic heterocycles. The molecular formula is C24H26N6S. The minimum Gasteiger partial charge on any atom is -0.336 e. The van der Waals surface area contributed by atoms with Crippen LogP contribution < -0.4 is 15.9 Å². The van der Waals surface area contributed by atoms with E-state index in [-0.39, 0.29) is 0 Å². The summed E-state index contributed by atoms with van der Waals surface area (Å²) in [4.78, 5) is 15.2. The molecule has 0 bridgehead atoms. The van der Waals surface area contributed by atoms with Crippen molar-refractivity contribution < 1.29 is 0 Å². The van der Waals surface area contributed by atoms with Gasteiger partial charge in [0.15, 0.2) is 5.82 Å². The molecule has 0 aliphatic carbocycles. The smallest absolute Gasteiger partial charge is 0.159 e. The quantitative estimate of drug-likeness (QED) is 0.463. The third kappa shape index (κ3) is 3.86. The summed E-state index contributed by atoms with van der Waals surface area (Å²) in [5.74, 6) is 1.35. The lowest BCUT2D eigenvalue weighted by Gasteiger charge is -2.23. The van der Waals surface area contributed by atoms with E-state index >= 15 is 0 Å². The summed E-state index contributed by atoms with van der Waals surface area (Å²) in [5.41, 5.74) is 4.84.